The summed E-state index contributed by atoms with van der Waals surface area (Å²) in [6.07, 6.45) is 0.913. The van der Waals surface area contributed by atoms with Crippen molar-refractivity contribution in [3.63, 3.8) is 0 Å². The molecule has 2 atom stereocenters. The van der Waals surface area contributed by atoms with Gasteiger partial charge in [0.15, 0.2) is 0 Å². The summed E-state index contributed by atoms with van der Waals surface area (Å²) in [5.41, 5.74) is 2.16. The summed E-state index contributed by atoms with van der Waals surface area (Å²) in [7, 11) is 0. The van der Waals surface area contributed by atoms with Crippen LogP contribution in [-0.2, 0) is 0 Å². The molecule has 1 N–H and O–H groups in total. The normalized spacial score (nSPS) is 14.8. The zero-order valence-electron chi connectivity index (χ0n) is 8.16. The number of hydrogen-bond acceptors (Lipinski definition) is 3. The topological polar surface area (TPSA) is 42.0 Å². The van der Waals surface area contributed by atoms with Gasteiger partial charge in [0.1, 0.15) is 5.69 Å². The molecule has 0 fully saturated rings. The second-order valence-electron chi connectivity index (χ2n) is 3.26. The second kappa shape index (κ2) is 5.46. The third kappa shape index (κ3) is 3.75. The van der Waals surface area contributed by atoms with Crippen molar-refractivity contribution >= 4 is 33.2 Å². The Bertz CT molecular complexity index is 287. The Kier molecular flexibility index (Phi) is 4.54. The van der Waals surface area contributed by atoms with Gasteiger partial charge in [0, 0.05) is 16.2 Å². The molecule has 1 rings (SSSR count). The number of aromatic nitrogens is 1. The molecule has 0 saturated heterocycles. The highest BCUT2D eigenvalue weighted by Gasteiger charge is 2.12. The molecule has 0 saturated carbocycles. The fraction of sp³-hybridized carbons (Fsp3) is 0.556. The number of hydrogen-bond donors (Lipinski definition) is 1. The predicted molar refractivity (Wildman–Crippen MR) is 62.0 cm³/mol. The van der Waals surface area contributed by atoms with E-state index in [1.54, 1.807) is 10.9 Å². The van der Waals surface area contributed by atoms with Crippen LogP contribution in [-0.4, -0.2) is 21.8 Å². The molecule has 3 nitrogen and oxygen atoms in total. The Hall–Kier alpha value is -0.420. The first-order valence-corrected chi connectivity index (χ1v) is 6.28. The average molecular weight is 277 g/mol. The molecule has 0 aliphatic rings. The fourth-order valence-corrected chi connectivity index (χ4v) is 2.26. The maximum atomic E-state index is 11.5. The summed E-state index contributed by atoms with van der Waals surface area (Å²) in [6.45, 7) is 4.05. The number of nitrogens with zero attached hydrogens (tertiary/aromatic N) is 1. The van der Waals surface area contributed by atoms with Gasteiger partial charge >= 0.3 is 0 Å². The SMILES string of the molecule is CC(Br)CC(C)NC(=O)c1cscn1. The minimum Gasteiger partial charge on any atom is -0.348 e. The van der Waals surface area contributed by atoms with Crippen molar-refractivity contribution in [3.05, 3.63) is 16.6 Å². The van der Waals surface area contributed by atoms with E-state index >= 15 is 0 Å². The first-order valence-electron chi connectivity index (χ1n) is 4.42. The molecular formula is C9H13BrN2OS. The largest absolute Gasteiger partial charge is 0.348 e. The van der Waals surface area contributed by atoms with Crippen LogP contribution < -0.4 is 5.32 Å². The summed E-state index contributed by atoms with van der Waals surface area (Å²) >= 11 is 4.88. The maximum absolute atomic E-state index is 11.5. The van der Waals surface area contributed by atoms with E-state index < -0.39 is 0 Å². The molecule has 1 heterocycles. The zero-order chi connectivity index (χ0) is 10.6. The van der Waals surface area contributed by atoms with Gasteiger partial charge in [-0.1, -0.05) is 22.9 Å². The Morgan fingerprint density at radius 3 is 2.93 bits per heavy atom. The minimum atomic E-state index is -0.0908. The number of thiazole rings is 1. The van der Waals surface area contributed by atoms with Crippen LogP contribution in [0.25, 0.3) is 0 Å². The van der Waals surface area contributed by atoms with Gasteiger partial charge < -0.3 is 5.32 Å². The van der Waals surface area contributed by atoms with E-state index in [2.05, 4.69) is 33.2 Å². The zero-order valence-corrected chi connectivity index (χ0v) is 10.6. The third-order valence-corrected chi connectivity index (χ3v) is 2.68. The van der Waals surface area contributed by atoms with Gasteiger partial charge in [-0.3, -0.25) is 4.79 Å². The molecule has 1 amide bonds. The lowest BCUT2D eigenvalue weighted by Crippen LogP contribution is -2.34. The highest BCUT2D eigenvalue weighted by molar-refractivity contribution is 9.09. The number of carbonyl (C=O) groups is 1. The molecule has 0 bridgehead atoms. The van der Waals surface area contributed by atoms with Crippen LogP contribution in [0.1, 0.15) is 30.8 Å². The van der Waals surface area contributed by atoms with Crippen molar-refractivity contribution in [1.82, 2.24) is 10.3 Å². The molecule has 5 heteroatoms. The average Bonchev–Trinajstić information content (AvgIpc) is 2.53. The van der Waals surface area contributed by atoms with Crippen molar-refractivity contribution in [1.29, 1.82) is 0 Å². The molecule has 0 aromatic carbocycles. The van der Waals surface area contributed by atoms with Gasteiger partial charge in [-0.15, -0.1) is 11.3 Å². The van der Waals surface area contributed by atoms with Crippen molar-refractivity contribution in [2.24, 2.45) is 0 Å². The van der Waals surface area contributed by atoms with E-state index in [0.29, 0.717) is 10.5 Å². The highest BCUT2D eigenvalue weighted by Crippen LogP contribution is 2.07. The number of halogens is 1. The quantitative estimate of drug-likeness (QED) is 0.859. The summed E-state index contributed by atoms with van der Waals surface area (Å²) in [4.78, 5) is 15.9. The molecule has 1 aromatic heterocycles. The molecule has 0 aliphatic heterocycles. The van der Waals surface area contributed by atoms with E-state index in [-0.39, 0.29) is 11.9 Å². The van der Waals surface area contributed by atoms with Gasteiger partial charge in [-0.25, -0.2) is 4.98 Å². The molecule has 0 spiro atoms. The van der Waals surface area contributed by atoms with Crippen LogP contribution in [0.3, 0.4) is 0 Å². The predicted octanol–water partition coefficient (Wildman–Crippen LogP) is 2.43. The Labute approximate surface area is 96.1 Å². The Balaban J connectivity index is 2.41. The number of nitrogens with one attached hydrogen (secondary N) is 1. The third-order valence-electron chi connectivity index (χ3n) is 1.72. The monoisotopic (exact) mass is 276 g/mol. The van der Waals surface area contributed by atoms with E-state index in [0.717, 1.165) is 6.42 Å². The summed E-state index contributed by atoms with van der Waals surface area (Å²) in [5.74, 6) is -0.0908. The summed E-state index contributed by atoms with van der Waals surface area (Å²) in [6, 6.07) is 0.165. The molecule has 78 valence electrons. The van der Waals surface area contributed by atoms with Gasteiger partial charge in [0.2, 0.25) is 0 Å². The van der Waals surface area contributed by atoms with Crippen LogP contribution in [0.5, 0.6) is 0 Å². The van der Waals surface area contributed by atoms with Crippen molar-refractivity contribution in [2.75, 3.05) is 0 Å². The highest BCUT2D eigenvalue weighted by atomic mass is 79.9. The molecule has 1 aromatic rings. The lowest BCUT2D eigenvalue weighted by atomic mass is 10.2. The van der Waals surface area contributed by atoms with Crippen molar-refractivity contribution < 1.29 is 4.79 Å². The maximum Gasteiger partial charge on any atom is 0.270 e. The first kappa shape index (κ1) is 11.7. The fourth-order valence-electron chi connectivity index (χ4n) is 1.17. The molecule has 14 heavy (non-hydrogen) atoms. The van der Waals surface area contributed by atoms with Gasteiger partial charge in [-0.05, 0) is 13.3 Å². The summed E-state index contributed by atoms with van der Waals surface area (Å²) < 4.78 is 0. The van der Waals surface area contributed by atoms with Gasteiger partial charge in [-0.2, -0.15) is 0 Å². The molecule has 0 radical (unpaired) electrons. The van der Waals surface area contributed by atoms with Crippen LogP contribution in [0, 0.1) is 0 Å². The van der Waals surface area contributed by atoms with E-state index in [4.69, 9.17) is 0 Å². The molecule has 0 aliphatic carbocycles. The van der Waals surface area contributed by atoms with E-state index in [9.17, 15) is 4.79 Å². The number of carbonyl (C=O) groups excluding carboxylic acids is 1. The number of alkyl halides is 1. The number of rotatable bonds is 4. The van der Waals surface area contributed by atoms with Crippen LogP contribution in [0.4, 0.5) is 0 Å². The van der Waals surface area contributed by atoms with Crippen LogP contribution in [0.15, 0.2) is 10.9 Å². The first-order chi connectivity index (χ1) is 6.59. The Morgan fingerprint density at radius 2 is 2.43 bits per heavy atom. The van der Waals surface area contributed by atoms with Gasteiger partial charge in [0.05, 0.1) is 5.51 Å². The van der Waals surface area contributed by atoms with E-state index in [1.165, 1.54) is 11.3 Å². The van der Waals surface area contributed by atoms with Crippen LogP contribution in [0.2, 0.25) is 0 Å². The van der Waals surface area contributed by atoms with Crippen LogP contribution >= 0.6 is 27.3 Å². The lowest BCUT2D eigenvalue weighted by molar-refractivity contribution is 0.0934. The number of amides is 1. The smallest absolute Gasteiger partial charge is 0.270 e. The Morgan fingerprint density at radius 1 is 1.71 bits per heavy atom. The van der Waals surface area contributed by atoms with E-state index in [1.807, 2.05) is 6.92 Å². The molecule has 2 unspecified atom stereocenters. The second-order valence-corrected chi connectivity index (χ2v) is 5.55. The summed E-state index contributed by atoms with van der Waals surface area (Å²) in [5, 5.41) is 4.64. The standard InChI is InChI=1S/C9H13BrN2OS/c1-6(10)3-7(2)12-9(13)8-4-14-5-11-8/h4-7H,3H2,1-2H3,(H,12,13). The van der Waals surface area contributed by atoms with Crippen molar-refractivity contribution in [3.8, 4) is 0 Å². The van der Waals surface area contributed by atoms with Gasteiger partial charge in [0.25, 0.3) is 5.91 Å². The lowest BCUT2D eigenvalue weighted by Gasteiger charge is -2.13. The molecular weight excluding hydrogens is 264 g/mol. The minimum absolute atomic E-state index is 0.0908. The van der Waals surface area contributed by atoms with Crippen molar-refractivity contribution in [2.45, 2.75) is 31.1 Å².